The molecule has 0 aliphatic heterocycles. The van der Waals surface area contributed by atoms with Crippen LogP contribution in [0.15, 0.2) is 23.8 Å². The third kappa shape index (κ3) is 4.36. The van der Waals surface area contributed by atoms with Crippen molar-refractivity contribution in [1.82, 2.24) is 0 Å². The SMILES string of the molecule is C=CC1(C)CCC2=C(C(OC(C)=O)CC3C(C)(COC(C)=O)CCC(O)C23C)C1OC(C)=O. The molecule has 1 fully saturated rings. The minimum Gasteiger partial charge on any atom is -0.465 e. The molecule has 0 aromatic carbocycles. The normalized spacial score (nSPS) is 40.2. The van der Waals surface area contributed by atoms with Gasteiger partial charge >= 0.3 is 17.9 Å². The summed E-state index contributed by atoms with van der Waals surface area (Å²) in [7, 11) is 0. The van der Waals surface area contributed by atoms with E-state index in [1.54, 1.807) is 0 Å². The third-order valence-corrected chi connectivity index (χ3v) is 8.50. The number of esters is 3. The Morgan fingerprint density at radius 2 is 1.70 bits per heavy atom. The summed E-state index contributed by atoms with van der Waals surface area (Å²) in [5.41, 5.74) is 0.236. The van der Waals surface area contributed by atoms with Gasteiger partial charge in [-0.3, -0.25) is 14.4 Å². The van der Waals surface area contributed by atoms with Crippen molar-refractivity contribution in [3.8, 4) is 0 Å². The number of aliphatic hydroxyl groups excluding tert-OH is 1. The van der Waals surface area contributed by atoms with Crippen molar-refractivity contribution in [2.24, 2.45) is 22.2 Å². The molecule has 0 aromatic heterocycles. The first-order valence-corrected chi connectivity index (χ1v) is 11.8. The number of carbonyl (C=O) groups is 3. The average molecular weight is 463 g/mol. The van der Waals surface area contributed by atoms with Crippen molar-refractivity contribution in [3.63, 3.8) is 0 Å². The molecule has 0 heterocycles. The number of ether oxygens (including phenoxy) is 3. The molecular formula is C26H38O7. The Morgan fingerprint density at radius 3 is 2.24 bits per heavy atom. The van der Waals surface area contributed by atoms with Crippen molar-refractivity contribution in [2.45, 2.75) is 92.0 Å². The summed E-state index contributed by atoms with van der Waals surface area (Å²) in [5, 5.41) is 11.4. The van der Waals surface area contributed by atoms with Crippen LogP contribution in [0, 0.1) is 22.2 Å². The van der Waals surface area contributed by atoms with Crippen LogP contribution in [0.4, 0.5) is 0 Å². The molecule has 33 heavy (non-hydrogen) atoms. The van der Waals surface area contributed by atoms with Gasteiger partial charge in [0.1, 0.15) is 12.2 Å². The molecule has 7 heteroatoms. The second-order valence-electron chi connectivity index (χ2n) is 10.8. The second-order valence-corrected chi connectivity index (χ2v) is 10.8. The molecule has 0 bridgehead atoms. The van der Waals surface area contributed by atoms with Crippen LogP contribution in [0.1, 0.15) is 73.6 Å². The van der Waals surface area contributed by atoms with E-state index in [1.807, 2.05) is 13.0 Å². The van der Waals surface area contributed by atoms with Crippen molar-refractivity contribution in [2.75, 3.05) is 6.61 Å². The van der Waals surface area contributed by atoms with Crippen LogP contribution < -0.4 is 0 Å². The van der Waals surface area contributed by atoms with E-state index in [1.165, 1.54) is 20.8 Å². The number of hydrogen-bond acceptors (Lipinski definition) is 7. The number of carbonyl (C=O) groups excluding carboxylic acids is 3. The predicted molar refractivity (Wildman–Crippen MR) is 122 cm³/mol. The van der Waals surface area contributed by atoms with Crippen LogP contribution in [-0.2, 0) is 28.6 Å². The van der Waals surface area contributed by atoms with Crippen molar-refractivity contribution >= 4 is 17.9 Å². The molecule has 0 saturated heterocycles. The van der Waals surface area contributed by atoms with Crippen molar-refractivity contribution < 1.29 is 33.7 Å². The Hall–Kier alpha value is -2.15. The molecule has 1 saturated carbocycles. The van der Waals surface area contributed by atoms with Gasteiger partial charge in [-0.1, -0.05) is 32.4 Å². The zero-order valence-corrected chi connectivity index (χ0v) is 20.7. The molecule has 7 nitrogen and oxygen atoms in total. The predicted octanol–water partition coefficient (Wildman–Crippen LogP) is 3.88. The van der Waals surface area contributed by atoms with Crippen molar-refractivity contribution in [3.05, 3.63) is 23.8 Å². The molecule has 0 aromatic rings. The maximum absolute atomic E-state index is 12.1. The molecule has 0 spiro atoms. The largest absolute Gasteiger partial charge is 0.465 e. The third-order valence-electron chi connectivity index (χ3n) is 8.50. The van der Waals surface area contributed by atoms with E-state index >= 15 is 0 Å². The van der Waals surface area contributed by atoms with Gasteiger partial charge in [0.25, 0.3) is 0 Å². The van der Waals surface area contributed by atoms with E-state index in [0.29, 0.717) is 32.1 Å². The topological polar surface area (TPSA) is 99.1 Å². The standard InChI is InChI=1S/C26H38O7/c1-8-24(5)11-9-18-22(23(24)33-17(4)29)19(32-16(3)28)13-20-25(6,14-31-15(2)27)12-10-21(30)26(18,20)7/h8,19-21,23,30H,1,9-14H2,2-7H3. The zero-order chi connectivity index (χ0) is 24.8. The molecular weight excluding hydrogens is 424 g/mol. The van der Waals surface area contributed by atoms with Gasteiger partial charge in [-0.25, -0.2) is 0 Å². The quantitative estimate of drug-likeness (QED) is 0.376. The summed E-state index contributed by atoms with van der Waals surface area (Å²) in [6.45, 7) is 14.5. The van der Waals surface area contributed by atoms with Gasteiger partial charge in [-0.2, -0.15) is 0 Å². The molecule has 0 radical (unpaired) electrons. The highest BCUT2D eigenvalue weighted by Gasteiger charge is 2.62. The monoisotopic (exact) mass is 462 g/mol. The van der Waals surface area contributed by atoms with Gasteiger partial charge in [-0.15, -0.1) is 6.58 Å². The van der Waals surface area contributed by atoms with Gasteiger partial charge in [-0.05, 0) is 38.0 Å². The van der Waals surface area contributed by atoms with E-state index in [0.717, 1.165) is 11.1 Å². The van der Waals surface area contributed by atoms with Gasteiger partial charge in [0.15, 0.2) is 0 Å². The van der Waals surface area contributed by atoms with Gasteiger partial charge in [0.2, 0.25) is 0 Å². The first-order valence-electron chi connectivity index (χ1n) is 11.8. The first-order chi connectivity index (χ1) is 15.3. The van der Waals surface area contributed by atoms with E-state index in [2.05, 4.69) is 20.4 Å². The Kier molecular flexibility index (Phi) is 6.87. The van der Waals surface area contributed by atoms with Gasteiger partial charge in [0, 0.05) is 42.6 Å². The minimum absolute atomic E-state index is 0.0951. The number of hydrogen-bond donors (Lipinski definition) is 1. The summed E-state index contributed by atoms with van der Waals surface area (Å²) in [4.78, 5) is 35.9. The van der Waals surface area contributed by atoms with E-state index in [-0.39, 0.29) is 18.5 Å². The van der Waals surface area contributed by atoms with E-state index < -0.39 is 46.5 Å². The summed E-state index contributed by atoms with van der Waals surface area (Å²) in [6.07, 6.45) is 3.04. The second kappa shape index (κ2) is 8.90. The summed E-state index contributed by atoms with van der Waals surface area (Å²) >= 11 is 0. The van der Waals surface area contributed by atoms with Crippen LogP contribution in [-0.4, -0.2) is 47.9 Å². The van der Waals surface area contributed by atoms with E-state index in [9.17, 15) is 19.5 Å². The Balaban J connectivity index is 2.21. The van der Waals surface area contributed by atoms with Crippen LogP contribution in [0.5, 0.6) is 0 Å². The molecule has 184 valence electrons. The van der Waals surface area contributed by atoms with Crippen LogP contribution >= 0.6 is 0 Å². The first kappa shape index (κ1) is 25.5. The fraction of sp³-hybridized carbons (Fsp3) is 0.731. The molecule has 3 rings (SSSR count). The Labute approximate surface area is 196 Å². The van der Waals surface area contributed by atoms with Crippen molar-refractivity contribution in [1.29, 1.82) is 0 Å². The van der Waals surface area contributed by atoms with Crippen LogP contribution in [0.2, 0.25) is 0 Å². The lowest BCUT2D eigenvalue weighted by Gasteiger charge is -2.61. The number of fused-ring (bicyclic) bond motifs is 2. The fourth-order valence-electron chi connectivity index (χ4n) is 6.63. The average Bonchev–Trinajstić information content (AvgIpc) is 2.72. The summed E-state index contributed by atoms with van der Waals surface area (Å²) < 4.78 is 17.2. The lowest BCUT2D eigenvalue weighted by Crippen LogP contribution is -2.60. The Bertz CT molecular complexity index is 876. The maximum Gasteiger partial charge on any atom is 0.303 e. The van der Waals surface area contributed by atoms with Gasteiger partial charge < -0.3 is 19.3 Å². The van der Waals surface area contributed by atoms with E-state index in [4.69, 9.17) is 14.2 Å². The lowest BCUT2D eigenvalue weighted by atomic mass is 9.46. The number of aliphatic hydroxyl groups is 1. The highest BCUT2D eigenvalue weighted by atomic mass is 16.6. The molecule has 0 amide bonds. The smallest absolute Gasteiger partial charge is 0.303 e. The Morgan fingerprint density at radius 1 is 1.06 bits per heavy atom. The zero-order valence-electron chi connectivity index (χ0n) is 20.7. The van der Waals surface area contributed by atoms with Crippen LogP contribution in [0.3, 0.4) is 0 Å². The van der Waals surface area contributed by atoms with Crippen LogP contribution in [0.25, 0.3) is 0 Å². The highest BCUT2D eigenvalue weighted by molar-refractivity contribution is 5.68. The molecule has 3 aliphatic carbocycles. The molecule has 7 unspecified atom stereocenters. The molecule has 3 aliphatic rings. The summed E-state index contributed by atoms with van der Waals surface area (Å²) in [5.74, 6) is -1.27. The maximum atomic E-state index is 12.1. The number of rotatable bonds is 5. The highest BCUT2D eigenvalue weighted by Crippen LogP contribution is 2.64. The minimum atomic E-state index is -0.632. The molecule has 1 N–H and O–H groups in total. The lowest BCUT2D eigenvalue weighted by molar-refractivity contribution is -0.168. The van der Waals surface area contributed by atoms with Gasteiger partial charge in [0.05, 0.1) is 12.7 Å². The summed E-state index contributed by atoms with van der Waals surface area (Å²) in [6, 6.07) is 0. The fourth-order valence-corrected chi connectivity index (χ4v) is 6.63. The molecule has 7 atom stereocenters.